The second-order valence-corrected chi connectivity index (χ2v) is 10.3. The van der Waals surface area contributed by atoms with Gasteiger partial charge in [-0.05, 0) is 64.2 Å². The topological polar surface area (TPSA) is 62.6 Å². The van der Waals surface area contributed by atoms with Crippen LogP contribution < -0.4 is 5.32 Å². The molecule has 0 amide bonds. The van der Waals surface area contributed by atoms with Gasteiger partial charge in [-0.2, -0.15) is 5.10 Å². The first-order chi connectivity index (χ1) is 16.0. The molecule has 1 saturated heterocycles. The van der Waals surface area contributed by atoms with Gasteiger partial charge in [0.2, 0.25) is 0 Å². The summed E-state index contributed by atoms with van der Waals surface area (Å²) in [6.45, 7) is 11.9. The summed E-state index contributed by atoms with van der Waals surface area (Å²) < 4.78 is 7.41. The van der Waals surface area contributed by atoms with Crippen molar-refractivity contribution in [3.63, 3.8) is 0 Å². The Labute approximate surface area is 206 Å². The number of thiocarbonyl (C=S) groups is 1. The van der Waals surface area contributed by atoms with Crippen molar-refractivity contribution in [1.29, 1.82) is 0 Å². The predicted molar refractivity (Wildman–Crippen MR) is 137 cm³/mol. The molecule has 3 heterocycles. The van der Waals surface area contributed by atoms with Crippen LogP contribution in [0.5, 0.6) is 0 Å². The van der Waals surface area contributed by atoms with Crippen LogP contribution in [0.2, 0.25) is 0 Å². The molecule has 0 aromatic carbocycles. The third kappa shape index (κ3) is 5.58. The number of nitrogens with one attached hydrogen (secondary N) is 1. The van der Waals surface area contributed by atoms with Gasteiger partial charge in [-0.1, -0.05) is 6.42 Å². The molecule has 7 nitrogen and oxygen atoms in total. The van der Waals surface area contributed by atoms with E-state index in [4.69, 9.17) is 17.0 Å². The Kier molecular flexibility index (Phi) is 8.03. The Balaban J connectivity index is 1.39. The fraction of sp³-hybridized carbons (Fsp3) is 0.625. The average Bonchev–Trinajstić information content (AvgIpc) is 3.24. The van der Waals surface area contributed by atoms with Crippen LogP contribution in [0.3, 0.4) is 0 Å². The van der Waals surface area contributed by atoms with E-state index in [0.717, 1.165) is 69.2 Å². The van der Waals surface area contributed by atoms with Gasteiger partial charge in [-0.15, -0.1) is 11.3 Å². The van der Waals surface area contributed by atoms with Crippen LogP contribution in [0.25, 0.3) is 0 Å². The fourth-order valence-corrected chi connectivity index (χ4v) is 6.28. The number of carbonyl (C=O) groups is 1. The molecule has 0 saturated carbocycles. The Morgan fingerprint density at radius 1 is 1.18 bits per heavy atom. The molecule has 0 unspecified atom stereocenters. The highest BCUT2D eigenvalue weighted by Crippen LogP contribution is 2.38. The maximum atomic E-state index is 12.8. The molecule has 1 aliphatic carbocycles. The summed E-state index contributed by atoms with van der Waals surface area (Å²) in [5.41, 5.74) is 4.29. The first kappa shape index (κ1) is 24.2. The number of ether oxygens (including phenoxy) is 1. The van der Waals surface area contributed by atoms with Gasteiger partial charge in [0.25, 0.3) is 0 Å². The van der Waals surface area contributed by atoms with Crippen molar-refractivity contribution in [1.82, 2.24) is 19.6 Å². The number of rotatable bonds is 6. The van der Waals surface area contributed by atoms with Crippen molar-refractivity contribution in [3.8, 4) is 0 Å². The third-order valence-electron chi connectivity index (χ3n) is 6.55. The van der Waals surface area contributed by atoms with E-state index in [-0.39, 0.29) is 5.97 Å². The van der Waals surface area contributed by atoms with Gasteiger partial charge >= 0.3 is 5.97 Å². The first-order valence-electron chi connectivity index (χ1n) is 12.1. The second-order valence-electron chi connectivity index (χ2n) is 8.78. The van der Waals surface area contributed by atoms with Gasteiger partial charge in [-0.25, -0.2) is 4.79 Å². The molecule has 33 heavy (non-hydrogen) atoms. The van der Waals surface area contributed by atoms with Gasteiger partial charge < -0.3 is 15.0 Å². The molecule has 180 valence electrons. The number of anilines is 1. The number of fused-ring (bicyclic) bond motifs is 1. The van der Waals surface area contributed by atoms with Crippen molar-refractivity contribution in [2.45, 2.75) is 66.0 Å². The summed E-state index contributed by atoms with van der Waals surface area (Å²) in [4.78, 5) is 18.8. The lowest BCUT2D eigenvalue weighted by atomic mass is 10.1. The van der Waals surface area contributed by atoms with Crippen molar-refractivity contribution in [2.24, 2.45) is 0 Å². The molecule has 4 rings (SSSR count). The van der Waals surface area contributed by atoms with Crippen LogP contribution in [0, 0.1) is 6.92 Å². The summed E-state index contributed by atoms with van der Waals surface area (Å²) in [7, 11) is 0. The summed E-state index contributed by atoms with van der Waals surface area (Å²) in [6, 6.07) is 0. The summed E-state index contributed by atoms with van der Waals surface area (Å²) in [5, 5.41) is 9.55. The molecule has 2 aliphatic rings. The number of aromatic nitrogens is 2. The molecular formula is C24H35N5O2S2. The minimum absolute atomic E-state index is 0.227. The van der Waals surface area contributed by atoms with Crippen LogP contribution in [-0.2, 0) is 30.7 Å². The fourth-order valence-electron chi connectivity index (χ4n) is 4.65. The highest BCUT2D eigenvalue weighted by atomic mass is 32.1. The van der Waals surface area contributed by atoms with E-state index in [9.17, 15) is 4.79 Å². The molecule has 1 N–H and O–H groups in total. The van der Waals surface area contributed by atoms with Gasteiger partial charge in [-0.3, -0.25) is 9.58 Å². The van der Waals surface area contributed by atoms with Crippen LogP contribution in [0.15, 0.2) is 6.20 Å². The Morgan fingerprint density at radius 3 is 2.64 bits per heavy atom. The minimum atomic E-state index is -0.227. The number of nitrogens with zero attached hydrogens (tertiary/aromatic N) is 4. The molecule has 1 fully saturated rings. The Bertz CT molecular complexity index is 991. The smallest absolute Gasteiger partial charge is 0.341 e. The maximum Gasteiger partial charge on any atom is 0.341 e. The monoisotopic (exact) mass is 489 g/mol. The molecule has 0 bridgehead atoms. The van der Waals surface area contributed by atoms with Crippen molar-refractivity contribution in [3.05, 3.63) is 33.5 Å². The lowest BCUT2D eigenvalue weighted by Gasteiger charge is -2.36. The second kappa shape index (κ2) is 11.0. The average molecular weight is 490 g/mol. The number of esters is 1. The lowest BCUT2D eigenvalue weighted by molar-refractivity contribution is 0.0527. The number of carbonyl (C=O) groups excluding carboxylic acids is 1. The quantitative estimate of drug-likeness (QED) is 0.370. The van der Waals surface area contributed by atoms with E-state index in [1.165, 1.54) is 28.8 Å². The maximum absolute atomic E-state index is 12.8. The number of aryl methyl sites for hydroxylation is 3. The molecular weight excluding hydrogens is 454 g/mol. The zero-order valence-corrected chi connectivity index (χ0v) is 21.6. The molecule has 0 atom stereocenters. The van der Waals surface area contributed by atoms with Crippen LogP contribution in [0.4, 0.5) is 5.00 Å². The van der Waals surface area contributed by atoms with E-state index in [1.54, 1.807) is 11.3 Å². The van der Waals surface area contributed by atoms with Gasteiger partial charge in [0.15, 0.2) is 5.11 Å². The van der Waals surface area contributed by atoms with Gasteiger partial charge in [0.05, 0.1) is 17.9 Å². The van der Waals surface area contributed by atoms with E-state index in [1.807, 2.05) is 11.6 Å². The number of hydrogen-bond donors (Lipinski definition) is 1. The highest BCUT2D eigenvalue weighted by molar-refractivity contribution is 7.80. The molecule has 0 spiro atoms. The zero-order chi connectivity index (χ0) is 23.4. The van der Waals surface area contributed by atoms with Crippen LogP contribution >= 0.6 is 23.6 Å². The van der Waals surface area contributed by atoms with Crippen LogP contribution in [-0.4, -0.2) is 63.4 Å². The number of hydrogen-bond acceptors (Lipinski definition) is 6. The van der Waals surface area contributed by atoms with Crippen molar-refractivity contribution in [2.75, 3.05) is 38.1 Å². The number of piperazine rings is 1. The minimum Gasteiger partial charge on any atom is -0.462 e. The third-order valence-corrected chi connectivity index (χ3v) is 8.11. The Hall–Kier alpha value is -1.97. The van der Waals surface area contributed by atoms with Gasteiger partial charge in [0.1, 0.15) is 5.00 Å². The SMILES string of the molecule is CCOC(=O)c1c(NC(=S)N2CCN(Cc3cn(CC)nc3C)CC2)sc2c1CCCCC2. The van der Waals surface area contributed by atoms with Gasteiger partial charge in [0, 0.05) is 55.9 Å². The number of thiophene rings is 1. The van der Waals surface area contributed by atoms with E-state index in [2.05, 4.69) is 40.3 Å². The Morgan fingerprint density at radius 2 is 1.94 bits per heavy atom. The van der Waals surface area contributed by atoms with E-state index >= 15 is 0 Å². The summed E-state index contributed by atoms with van der Waals surface area (Å²) in [6.07, 6.45) is 7.66. The molecule has 1 aliphatic heterocycles. The van der Waals surface area contributed by atoms with Crippen molar-refractivity contribution < 1.29 is 9.53 Å². The summed E-state index contributed by atoms with van der Waals surface area (Å²) >= 11 is 7.46. The normalized spacial score (nSPS) is 16.9. The van der Waals surface area contributed by atoms with E-state index in [0.29, 0.717) is 17.3 Å². The van der Waals surface area contributed by atoms with Crippen LogP contribution in [0.1, 0.15) is 65.2 Å². The molecule has 0 radical (unpaired) electrons. The largest absolute Gasteiger partial charge is 0.462 e. The standard InChI is InChI=1S/C24H35N5O2S2/c1-4-29-16-18(17(3)26-29)15-27-11-13-28(14-12-27)24(32)25-22-21(23(30)31-5-2)19-9-7-6-8-10-20(19)33-22/h16H,4-15H2,1-3H3,(H,25,32). The molecule has 9 heteroatoms. The predicted octanol–water partition coefficient (Wildman–Crippen LogP) is 4.23. The van der Waals surface area contributed by atoms with Crippen molar-refractivity contribution >= 4 is 39.6 Å². The molecule has 2 aromatic heterocycles. The van der Waals surface area contributed by atoms with E-state index < -0.39 is 0 Å². The first-order valence-corrected chi connectivity index (χ1v) is 13.4. The summed E-state index contributed by atoms with van der Waals surface area (Å²) in [5.74, 6) is -0.227. The zero-order valence-electron chi connectivity index (χ0n) is 20.0. The lowest BCUT2D eigenvalue weighted by Crippen LogP contribution is -2.49. The highest BCUT2D eigenvalue weighted by Gasteiger charge is 2.27. The molecule has 2 aromatic rings.